The van der Waals surface area contributed by atoms with Crippen molar-refractivity contribution in [2.24, 2.45) is 11.5 Å². The summed E-state index contributed by atoms with van der Waals surface area (Å²) in [5.74, 6) is -12.0. The molecule has 13 atom stereocenters. The van der Waals surface area contributed by atoms with Crippen molar-refractivity contribution in [3.63, 3.8) is 0 Å². The number of aromatic hydroxyl groups is 1. The van der Waals surface area contributed by atoms with Crippen LogP contribution in [0.25, 0.3) is 21.8 Å². The summed E-state index contributed by atoms with van der Waals surface area (Å²) in [5, 5.41) is 64.8. The van der Waals surface area contributed by atoms with Crippen LogP contribution >= 0.6 is 11.8 Å². The summed E-state index contributed by atoms with van der Waals surface area (Å²) in [6, 6.07) is 2.44. The van der Waals surface area contributed by atoms with Crippen LogP contribution < -0.4 is 59.3 Å². The van der Waals surface area contributed by atoms with E-state index in [0.29, 0.717) is 68.5 Å². The second-order valence-electron chi connectivity index (χ2n) is 26.9. The number of rotatable bonds is 38. The number of carboxylic acid groups (broad SMARTS) is 1. The molecular weight excluding hydrogens is 1430 g/mol. The van der Waals surface area contributed by atoms with E-state index in [2.05, 4.69) is 77.8 Å². The molecule has 2 saturated heterocycles. The first-order valence-corrected chi connectivity index (χ1v) is 36.8. The highest BCUT2D eigenvalue weighted by atomic mass is 32.2. The lowest BCUT2D eigenvalue weighted by atomic mass is 10.0. The lowest BCUT2D eigenvalue weighted by Crippen LogP contribution is -2.61. The van der Waals surface area contributed by atoms with Gasteiger partial charge in [0.2, 0.25) is 70.9 Å². The zero-order valence-corrected chi connectivity index (χ0v) is 60.8. The fourth-order valence-electron chi connectivity index (χ4n) is 13.1. The topological polar surface area (TPSA) is 559 Å². The average Bonchev–Trinajstić information content (AvgIpc) is 1.67. The summed E-state index contributed by atoms with van der Waals surface area (Å²) in [4.78, 5) is 206. The predicted octanol–water partition coefficient (Wildman–Crippen LogP) is -2.91. The van der Waals surface area contributed by atoms with Gasteiger partial charge < -0.3 is 109 Å². The van der Waals surface area contributed by atoms with Crippen molar-refractivity contribution in [3.05, 3.63) is 138 Å². The number of para-hydroxylation sites is 2. The number of primary amides is 1. The first kappa shape index (κ1) is 81.4. The lowest BCUT2D eigenvalue weighted by molar-refractivity contribution is -0.148. The Hall–Kier alpha value is -11.7. The molecule has 0 radical (unpaired) electrons. The maximum Gasteiger partial charge on any atom is 0.328 e. The molecule has 2 aliphatic rings. The van der Waals surface area contributed by atoms with Gasteiger partial charge in [-0.1, -0.05) is 48.5 Å². The van der Waals surface area contributed by atoms with E-state index in [1.807, 2.05) is 12.1 Å². The number of fused-ring (bicyclic) bond motifs is 2. The number of nitrogens with two attached hydrogens (primary N) is 2. The Morgan fingerprint density at radius 1 is 0.560 bits per heavy atom. The molecule has 582 valence electrons. The molecule has 37 heteroatoms. The zero-order valence-electron chi connectivity index (χ0n) is 60.0. The van der Waals surface area contributed by atoms with Gasteiger partial charge in [0, 0.05) is 103 Å². The summed E-state index contributed by atoms with van der Waals surface area (Å²) >= 11 is 1.32. The van der Waals surface area contributed by atoms with Crippen molar-refractivity contribution >= 4 is 110 Å². The molecule has 0 spiro atoms. The van der Waals surface area contributed by atoms with E-state index >= 15 is 24.0 Å². The number of aromatic nitrogens is 6. The minimum atomic E-state index is -1.72. The number of imidazole rings is 2. The van der Waals surface area contributed by atoms with Gasteiger partial charge in [0.05, 0.1) is 37.8 Å². The van der Waals surface area contributed by atoms with Crippen LogP contribution in [-0.2, 0) is 94.4 Å². The number of nitrogens with zero attached hydrogens (tertiary/aromatic N) is 4. The molecule has 12 amide bonds. The number of aliphatic hydroxyl groups is 2. The molecular formula is C72H91N19O17S. The van der Waals surface area contributed by atoms with Crippen LogP contribution in [0.3, 0.4) is 0 Å². The number of hydrogen-bond acceptors (Lipinski definition) is 20. The fourth-order valence-corrected chi connectivity index (χ4v) is 13.6. The number of carbonyl (C=O) groups is 13. The van der Waals surface area contributed by atoms with Gasteiger partial charge in [-0.05, 0) is 98.9 Å². The average molecular weight is 1530 g/mol. The fraction of sp³-hybridized carbons (Fsp3) is 0.431. The van der Waals surface area contributed by atoms with Crippen LogP contribution in [0.5, 0.6) is 5.75 Å². The number of H-pyrrole nitrogens is 4. The first-order chi connectivity index (χ1) is 52.2. The smallest absolute Gasteiger partial charge is 0.328 e. The number of likely N-dealkylation sites (tertiary alicyclic amines) is 2. The lowest BCUT2D eigenvalue weighted by Gasteiger charge is -2.33. The highest BCUT2D eigenvalue weighted by Crippen LogP contribution is 2.28. The van der Waals surface area contributed by atoms with E-state index in [1.54, 1.807) is 55.0 Å². The standard InChI is InChI=1S/C72H91N19O17S/c1-37(81-64(99)54(29-59(74)95)84-62(97)47(73)27-42-32-75-35-79-42)61(96)83-51(24-39-16-18-44(94)19-17-39)65(100)85-52(25-40-30-77-48-12-6-4-10-45(40)48)66(101)86-53(28-43-33-76-36-80-43)67(102)87-55(26-41-31-78-49-13-7-5-11-46(41)49)70(105)91-22-9-15-58(91)71(106)90-21-8-14-57(90)69(104)88-56(34-92)68(103)82-50(20-23-109-3)63(98)89-60(38(2)93)72(107)108/h4-7,10-13,16-19,30-33,35-38,47,50-58,60,77-78,92-94H,8-9,14-15,20-29,34,73H2,1-3H3,(H2,74,95)(H,75,79)(H,76,80)(H,81,99)(H,82,103)(H,83,96)(H,84,97)(H,85,100)(H,86,101)(H,87,102)(H,88,104)(H,89,98)(H,107,108)/t37-,38+,47-,50-,51-,52-,53-,54-,55-,56-,57-,58-,60-/m0/s1. The molecule has 4 aromatic heterocycles. The second-order valence-corrected chi connectivity index (χ2v) is 27.9. The van der Waals surface area contributed by atoms with E-state index in [4.69, 9.17) is 11.5 Å². The summed E-state index contributed by atoms with van der Waals surface area (Å²) in [6.07, 6.45) is 8.31. The van der Waals surface area contributed by atoms with Gasteiger partial charge in [-0.15, -0.1) is 0 Å². The quantitative estimate of drug-likeness (QED) is 0.0184. The van der Waals surface area contributed by atoms with Crippen LogP contribution in [0.15, 0.2) is 110 Å². The Kier molecular flexibility index (Phi) is 28.5. The minimum Gasteiger partial charge on any atom is -0.508 e. The number of thioether (sulfide) groups is 1. The summed E-state index contributed by atoms with van der Waals surface area (Å²) < 4.78 is 0. The van der Waals surface area contributed by atoms with Crippen LogP contribution in [0.4, 0.5) is 0 Å². The number of amides is 12. The maximum atomic E-state index is 15.6. The van der Waals surface area contributed by atoms with Crippen molar-refractivity contribution in [3.8, 4) is 5.75 Å². The van der Waals surface area contributed by atoms with Gasteiger partial charge in [0.15, 0.2) is 6.04 Å². The highest BCUT2D eigenvalue weighted by molar-refractivity contribution is 7.98. The number of phenolic OH excluding ortho intramolecular Hbond substituents is 1. The number of aliphatic hydroxyl groups excluding tert-OH is 2. The molecule has 21 N–H and O–H groups in total. The third kappa shape index (κ3) is 21.8. The predicted molar refractivity (Wildman–Crippen MR) is 394 cm³/mol. The summed E-state index contributed by atoms with van der Waals surface area (Å²) in [5.41, 5.74) is 15.3. The van der Waals surface area contributed by atoms with Gasteiger partial charge in [-0.3, -0.25) is 57.5 Å². The van der Waals surface area contributed by atoms with Crippen molar-refractivity contribution in [2.75, 3.05) is 31.7 Å². The third-order valence-corrected chi connectivity index (χ3v) is 19.6. The Bertz CT molecular complexity index is 4380. The van der Waals surface area contributed by atoms with E-state index in [9.17, 15) is 58.8 Å². The highest BCUT2D eigenvalue weighted by Gasteiger charge is 2.45. The summed E-state index contributed by atoms with van der Waals surface area (Å²) in [7, 11) is 0. The molecule has 0 aliphatic carbocycles. The van der Waals surface area contributed by atoms with Crippen molar-refractivity contribution < 1.29 is 82.8 Å². The van der Waals surface area contributed by atoms with E-state index in [1.165, 1.54) is 77.8 Å². The Morgan fingerprint density at radius 2 is 1.06 bits per heavy atom. The van der Waals surface area contributed by atoms with E-state index in [-0.39, 0.29) is 70.2 Å². The number of nitrogens with one attached hydrogen (secondary N) is 13. The van der Waals surface area contributed by atoms with Crippen LogP contribution in [0.2, 0.25) is 0 Å². The van der Waals surface area contributed by atoms with Crippen molar-refractivity contribution in [1.29, 1.82) is 0 Å². The number of phenols is 1. The number of carboxylic acids is 1. The zero-order chi connectivity index (χ0) is 78.6. The molecule has 109 heavy (non-hydrogen) atoms. The molecule has 6 heterocycles. The molecule has 0 unspecified atom stereocenters. The number of aromatic amines is 4. The Balaban J connectivity index is 0.954. The normalized spacial score (nSPS) is 17.2. The van der Waals surface area contributed by atoms with Crippen LogP contribution in [0, 0.1) is 0 Å². The van der Waals surface area contributed by atoms with Gasteiger partial charge in [0.1, 0.15) is 66.2 Å². The van der Waals surface area contributed by atoms with E-state index < -0.39 is 168 Å². The molecule has 2 aliphatic heterocycles. The van der Waals surface area contributed by atoms with Crippen molar-refractivity contribution in [1.82, 2.24) is 87.6 Å². The third-order valence-electron chi connectivity index (χ3n) is 19.0. The van der Waals surface area contributed by atoms with Gasteiger partial charge >= 0.3 is 5.97 Å². The van der Waals surface area contributed by atoms with Crippen molar-refractivity contribution in [2.45, 2.75) is 163 Å². The number of carbonyl (C=O) groups excluding carboxylic acids is 12. The molecule has 36 nitrogen and oxygen atoms in total. The van der Waals surface area contributed by atoms with Gasteiger partial charge in [-0.25, -0.2) is 14.8 Å². The van der Waals surface area contributed by atoms with E-state index in [0.717, 1.165) is 6.92 Å². The number of aliphatic carboxylic acids is 1. The molecule has 0 bridgehead atoms. The number of hydrogen-bond donors (Lipinski definition) is 19. The monoisotopic (exact) mass is 1530 g/mol. The molecule has 0 saturated carbocycles. The van der Waals surface area contributed by atoms with Crippen LogP contribution in [0.1, 0.15) is 80.5 Å². The SMILES string of the molecule is CSCC[C@H](NC(=O)[C@H](CO)NC(=O)[C@@H]1CCCN1C(=O)[C@@H]1CCCN1C(=O)[C@H](Cc1c[nH]c2ccccc12)NC(=O)[C@H](Cc1cnc[nH]1)NC(=O)[C@H](Cc1c[nH]c2ccccc12)NC(=O)[C@H](Cc1ccc(O)cc1)NC(=O)[C@H](C)NC(=O)[C@H](CC(N)=O)NC(=O)[C@@H](N)Cc1cnc[nH]1)C(=O)N[C@H](C(=O)O)[C@@H](C)O. The molecule has 2 fully saturated rings. The largest absolute Gasteiger partial charge is 0.508 e. The number of benzene rings is 3. The van der Waals surface area contributed by atoms with Gasteiger partial charge in [0.25, 0.3) is 0 Å². The molecule has 7 aromatic rings. The Morgan fingerprint density at radius 3 is 1.61 bits per heavy atom. The molecule has 9 rings (SSSR count). The maximum absolute atomic E-state index is 15.6. The molecule has 3 aromatic carbocycles. The second kappa shape index (κ2) is 38.2. The first-order valence-electron chi connectivity index (χ1n) is 35.4. The van der Waals surface area contributed by atoms with Gasteiger partial charge in [-0.2, -0.15) is 11.8 Å². The van der Waals surface area contributed by atoms with Crippen LogP contribution in [-0.4, -0.2) is 247 Å². The summed E-state index contributed by atoms with van der Waals surface area (Å²) in [6.45, 7) is 1.54. The minimum absolute atomic E-state index is 0.00334. The Labute approximate surface area is 628 Å².